The van der Waals surface area contributed by atoms with E-state index in [-0.39, 0.29) is 29.7 Å². The van der Waals surface area contributed by atoms with Crippen LogP contribution in [0.4, 0.5) is 0 Å². The molecule has 31 heavy (non-hydrogen) atoms. The molecule has 1 unspecified atom stereocenters. The Labute approximate surface area is 189 Å². The zero-order valence-corrected chi connectivity index (χ0v) is 18.6. The van der Waals surface area contributed by atoms with Crippen LogP contribution in [-0.4, -0.2) is 23.9 Å². The second-order valence-electron chi connectivity index (χ2n) is 8.17. The molecule has 0 bridgehead atoms. The number of hydrogen-bond acceptors (Lipinski definition) is 3. The number of halogens is 1. The highest BCUT2D eigenvalue weighted by Crippen LogP contribution is 2.33. The third-order valence-electron chi connectivity index (χ3n) is 6.21. The molecule has 0 spiro atoms. The van der Waals surface area contributed by atoms with E-state index in [1.54, 1.807) is 6.07 Å². The molecule has 3 aromatic rings. The van der Waals surface area contributed by atoms with Crippen molar-refractivity contribution in [2.75, 3.05) is 13.1 Å². The minimum Gasteiger partial charge on any atom is -0.328 e. The lowest BCUT2D eigenvalue weighted by Crippen LogP contribution is -2.26. The van der Waals surface area contributed by atoms with E-state index in [0.29, 0.717) is 17.9 Å². The molecule has 4 nitrogen and oxygen atoms in total. The van der Waals surface area contributed by atoms with Gasteiger partial charge in [0.25, 0.3) is 0 Å². The number of nitrogens with one attached hydrogen (secondary N) is 2. The lowest BCUT2D eigenvalue weighted by molar-refractivity contribution is 0.0977. The molecule has 1 aromatic heterocycles. The largest absolute Gasteiger partial charge is 0.328 e. The van der Waals surface area contributed by atoms with E-state index < -0.39 is 0 Å². The van der Waals surface area contributed by atoms with E-state index >= 15 is 0 Å². The van der Waals surface area contributed by atoms with Crippen molar-refractivity contribution >= 4 is 18.2 Å². The van der Waals surface area contributed by atoms with Gasteiger partial charge in [0.05, 0.1) is 0 Å². The molecule has 4 rings (SSSR count). The molecule has 162 valence electrons. The highest BCUT2D eigenvalue weighted by atomic mass is 35.5. The fraction of sp³-hybridized carbons (Fsp3) is 0.308. The summed E-state index contributed by atoms with van der Waals surface area (Å²) in [5.41, 5.74) is 5.23. The molecule has 1 aliphatic heterocycles. The molecule has 0 amide bonds. The van der Waals surface area contributed by atoms with E-state index in [0.717, 1.165) is 18.7 Å². The van der Waals surface area contributed by atoms with Gasteiger partial charge in [-0.1, -0.05) is 48.5 Å². The SMILES string of the molecule is Cc1ccccc1C(CC(=O)c1ccc(=O)[nH]c1)c1ccc(C2CCNCC2)cc1.Cl. The number of ketones is 1. The van der Waals surface area contributed by atoms with E-state index in [1.807, 2.05) is 12.1 Å². The molecule has 1 fully saturated rings. The van der Waals surface area contributed by atoms with Crippen molar-refractivity contribution in [1.82, 2.24) is 10.3 Å². The quantitative estimate of drug-likeness (QED) is 0.536. The zero-order valence-electron chi connectivity index (χ0n) is 17.8. The molecule has 1 atom stereocenters. The Kier molecular flexibility index (Phi) is 7.83. The first kappa shape index (κ1) is 23.0. The van der Waals surface area contributed by atoms with Crippen molar-refractivity contribution < 1.29 is 4.79 Å². The van der Waals surface area contributed by atoms with Gasteiger partial charge in [-0.05, 0) is 67.1 Å². The topological polar surface area (TPSA) is 62.0 Å². The summed E-state index contributed by atoms with van der Waals surface area (Å²) in [4.78, 5) is 27.0. The van der Waals surface area contributed by atoms with Crippen LogP contribution in [0.5, 0.6) is 0 Å². The second kappa shape index (κ2) is 10.6. The van der Waals surface area contributed by atoms with Crippen molar-refractivity contribution in [2.45, 2.75) is 38.0 Å². The minimum atomic E-state index is -0.199. The molecular formula is C26H29ClN2O2. The summed E-state index contributed by atoms with van der Waals surface area (Å²) in [6, 6.07) is 20.1. The second-order valence-corrected chi connectivity index (χ2v) is 8.17. The van der Waals surface area contributed by atoms with Gasteiger partial charge in [0.2, 0.25) is 5.56 Å². The van der Waals surface area contributed by atoms with Gasteiger partial charge in [0, 0.05) is 30.2 Å². The maximum Gasteiger partial charge on any atom is 0.247 e. The highest BCUT2D eigenvalue weighted by molar-refractivity contribution is 5.96. The van der Waals surface area contributed by atoms with Gasteiger partial charge < -0.3 is 10.3 Å². The van der Waals surface area contributed by atoms with Gasteiger partial charge in [0.1, 0.15) is 0 Å². The van der Waals surface area contributed by atoms with Crippen LogP contribution in [0.15, 0.2) is 71.7 Å². The zero-order chi connectivity index (χ0) is 20.9. The van der Waals surface area contributed by atoms with Crippen LogP contribution in [0.1, 0.15) is 63.7 Å². The average molecular weight is 437 g/mol. The Morgan fingerprint density at radius 1 is 1.00 bits per heavy atom. The molecule has 0 radical (unpaired) electrons. The molecule has 2 aromatic carbocycles. The van der Waals surface area contributed by atoms with Crippen LogP contribution in [0.2, 0.25) is 0 Å². The molecule has 0 aliphatic carbocycles. The molecule has 1 aliphatic rings. The fourth-order valence-electron chi connectivity index (χ4n) is 4.43. The number of Topliss-reactive ketones (excluding diaryl/α,β-unsaturated/α-hetero) is 1. The molecule has 1 saturated heterocycles. The Morgan fingerprint density at radius 3 is 2.35 bits per heavy atom. The normalized spacial score (nSPS) is 15.1. The summed E-state index contributed by atoms with van der Waals surface area (Å²) in [6.07, 6.45) is 4.22. The van der Waals surface area contributed by atoms with Crippen molar-refractivity contribution in [1.29, 1.82) is 0 Å². The highest BCUT2D eigenvalue weighted by Gasteiger charge is 2.22. The Hall–Kier alpha value is -2.69. The monoisotopic (exact) mass is 436 g/mol. The summed E-state index contributed by atoms with van der Waals surface area (Å²) in [6.45, 7) is 4.24. The van der Waals surface area contributed by atoms with E-state index in [2.05, 4.69) is 53.6 Å². The lowest BCUT2D eigenvalue weighted by Gasteiger charge is -2.24. The standard InChI is InChI=1S/C26H28N2O2.ClH/c1-18-4-2-3-5-23(18)24(16-25(29)22-10-11-26(30)28-17-22)21-8-6-19(7-9-21)20-12-14-27-15-13-20;/h2-11,17,20,24,27H,12-16H2,1H3,(H,28,30);1H. The molecule has 2 heterocycles. The van der Waals surface area contributed by atoms with Crippen LogP contribution in [0, 0.1) is 6.92 Å². The predicted molar refractivity (Wildman–Crippen MR) is 128 cm³/mol. The Balaban J connectivity index is 0.00000272. The number of carbonyl (C=O) groups excluding carboxylic acids is 1. The number of pyridine rings is 1. The van der Waals surface area contributed by atoms with E-state index in [9.17, 15) is 9.59 Å². The van der Waals surface area contributed by atoms with Crippen LogP contribution in [0.25, 0.3) is 0 Å². The Morgan fingerprint density at radius 2 is 1.71 bits per heavy atom. The third-order valence-corrected chi connectivity index (χ3v) is 6.21. The van der Waals surface area contributed by atoms with Gasteiger partial charge in [-0.3, -0.25) is 9.59 Å². The number of benzene rings is 2. The number of aromatic nitrogens is 1. The fourth-order valence-corrected chi connectivity index (χ4v) is 4.43. The number of H-pyrrole nitrogens is 1. The van der Waals surface area contributed by atoms with Gasteiger partial charge in [-0.2, -0.15) is 0 Å². The van der Waals surface area contributed by atoms with Gasteiger partial charge in [-0.25, -0.2) is 0 Å². The van der Waals surface area contributed by atoms with Gasteiger partial charge >= 0.3 is 0 Å². The van der Waals surface area contributed by atoms with Crippen LogP contribution in [0.3, 0.4) is 0 Å². The summed E-state index contributed by atoms with van der Waals surface area (Å²) in [5, 5.41) is 3.42. The van der Waals surface area contributed by atoms with E-state index in [4.69, 9.17) is 0 Å². The molecule has 5 heteroatoms. The summed E-state index contributed by atoms with van der Waals surface area (Å²) in [7, 11) is 0. The third kappa shape index (κ3) is 5.52. The molecule has 0 saturated carbocycles. The van der Waals surface area contributed by atoms with Crippen LogP contribution in [-0.2, 0) is 0 Å². The first-order valence-corrected chi connectivity index (χ1v) is 10.7. The van der Waals surface area contributed by atoms with Crippen LogP contribution < -0.4 is 10.9 Å². The first-order chi connectivity index (χ1) is 14.6. The maximum atomic E-state index is 13.0. The van der Waals surface area contributed by atoms with Crippen molar-refractivity contribution in [3.05, 3.63) is 105 Å². The van der Waals surface area contributed by atoms with Crippen molar-refractivity contribution in [3.63, 3.8) is 0 Å². The summed E-state index contributed by atoms with van der Waals surface area (Å²) in [5.74, 6) is 0.620. The lowest BCUT2D eigenvalue weighted by atomic mass is 9.82. The number of carbonyl (C=O) groups is 1. The smallest absolute Gasteiger partial charge is 0.247 e. The minimum absolute atomic E-state index is 0. The average Bonchev–Trinajstić information content (AvgIpc) is 2.79. The van der Waals surface area contributed by atoms with Gasteiger partial charge in [-0.15, -0.1) is 12.4 Å². The predicted octanol–water partition coefficient (Wildman–Crippen LogP) is 4.98. The Bertz CT molecular complexity index is 1050. The molecular weight excluding hydrogens is 408 g/mol. The number of piperidine rings is 1. The number of rotatable bonds is 6. The van der Waals surface area contributed by atoms with Crippen LogP contribution >= 0.6 is 12.4 Å². The maximum absolute atomic E-state index is 13.0. The number of hydrogen-bond donors (Lipinski definition) is 2. The van der Waals surface area contributed by atoms with Crippen molar-refractivity contribution in [3.8, 4) is 0 Å². The van der Waals surface area contributed by atoms with Crippen molar-refractivity contribution in [2.24, 2.45) is 0 Å². The molecule has 2 N–H and O–H groups in total. The van der Waals surface area contributed by atoms with Gasteiger partial charge in [0.15, 0.2) is 5.78 Å². The summed E-state index contributed by atoms with van der Waals surface area (Å²) < 4.78 is 0. The summed E-state index contributed by atoms with van der Waals surface area (Å²) >= 11 is 0. The number of aromatic amines is 1. The van der Waals surface area contributed by atoms with E-state index in [1.165, 1.54) is 41.8 Å². The first-order valence-electron chi connectivity index (χ1n) is 10.7. The number of aryl methyl sites for hydroxylation is 1.